The number of rotatable bonds is 6. The molecule has 4 heterocycles. The first-order valence-corrected chi connectivity index (χ1v) is 11.1. The van der Waals surface area contributed by atoms with Crippen LogP contribution in [-0.2, 0) is 11.3 Å². The van der Waals surface area contributed by atoms with Gasteiger partial charge in [-0.15, -0.1) is 0 Å². The molecule has 5 rings (SSSR count). The van der Waals surface area contributed by atoms with Gasteiger partial charge in [0.2, 0.25) is 5.91 Å². The molecular formula is C25H25FN6O. The summed E-state index contributed by atoms with van der Waals surface area (Å²) in [7, 11) is 0. The van der Waals surface area contributed by atoms with Gasteiger partial charge in [-0.1, -0.05) is 18.2 Å². The van der Waals surface area contributed by atoms with Crippen molar-refractivity contribution in [3.05, 3.63) is 78.1 Å². The SMILES string of the molecule is Cc1cc(Nc2ccc(F)cn2)cc([C@H]2CCCN2C(=O)CCn2ncc3ccccc32)n1. The van der Waals surface area contributed by atoms with E-state index in [1.54, 1.807) is 6.07 Å². The number of hydrogen-bond donors (Lipinski definition) is 1. The first-order valence-electron chi connectivity index (χ1n) is 11.1. The lowest BCUT2D eigenvalue weighted by Gasteiger charge is -2.25. The monoisotopic (exact) mass is 444 g/mol. The van der Waals surface area contributed by atoms with Gasteiger partial charge in [-0.05, 0) is 50.1 Å². The molecule has 0 spiro atoms. The Morgan fingerprint density at radius 1 is 1.18 bits per heavy atom. The van der Waals surface area contributed by atoms with Crippen LogP contribution >= 0.6 is 0 Å². The minimum absolute atomic E-state index is 0.0616. The Balaban J connectivity index is 1.30. The number of para-hydroxylation sites is 1. The number of aryl methyl sites for hydroxylation is 2. The summed E-state index contributed by atoms with van der Waals surface area (Å²) in [6, 6.07) is 14.8. The van der Waals surface area contributed by atoms with Crippen LogP contribution in [0.4, 0.5) is 15.9 Å². The molecular weight excluding hydrogens is 419 g/mol. The van der Waals surface area contributed by atoms with Crippen LogP contribution in [0.15, 0.2) is 60.9 Å². The van der Waals surface area contributed by atoms with E-state index in [0.29, 0.717) is 18.8 Å². The van der Waals surface area contributed by atoms with Crippen molar-refractivity contribution in [1.29, 1.82) is 0 Å². The van der Waals surface area contributed by atoms with Gasteiger partial charge in [0.25, 0.3) is 0 Å². The summed E-state index contributed by atoms with van der Waals surface area (Å²) in [4.78, 5) is 23.9. The van der Waals surface area contributed by atoms with E-state index in [1.807, 2.05) is 59.1 Å². The highest BCUT2D eigenvalue weighted by Crippen LogP contribution is 2.33. The van der Waals surface area contributed by atoms with Gasteiger partial charge in [0, 0.05) is 29.7 Å². The highest BCUT2D eigenvalue weighted by atomic mass is 19.1. The van der Waals surface area contributed by atoms with E-state index in [9.17, 15) is 9.18 Å². The number of carbonyl (C=O) groups is 1. The van der Waals surface area contributed by atoms with E-state index in [1.165, 1.54) is 12.3 Å². The molecule has 4 aromatic rings. The molecule has 0 radical (unpaired) electrons. The van der Waals surface area contributed by atoms with Gasteiger partial charge in [-0.2, -0.15) is 5.10 Å². The maximum atomic E-state index is 13.2. The van der Waals surface area contributed by atoms with Crippen LogP contribution in [0.3, 0.4) is 0 Å². The van der Waals surface area contributed by atoms with Crippen LogP contribution in [0.25, 0.3) is 10.9 Å². The number of anilines is 2. The fraction of sp³-hybridized carbons (Fsp3) is 0.280. The summed E-state index contributed by atoms with van der Waals surface area (Å²) in [5.41, 5.74) is 3.56. The highest BCUT2D eigenvalue weighted by Gasteiger charge is 2.31. The molecule has 3 aromatic heterocycles. The third kappa shape index (κ3) is 4.55. The van der Waals surface area contributed by atoms with Crippen molar-refractivity contribution in [2.75, 3.05) is 11.9 Å². The van der Waals surface area contributed by atoms with Crippen LogP contribution in [0.1, 0.15) is 36.7 Å². The Labute approximate surface area is 191 Å². The van der Waals surface area contributed by atoms with E-state index in [2.05, 4.69) is 15.4 Å². The lowest BCUT2D eigenvalue weighted by Crippen LogP contribution is -2.31. The zero-order valence-electron chi connectivity index (χ0n) is 18.4. The van der Waals surface area contributed by atoms with E-state index < -0.39 is 0 Å². The average Bonchev–Trinajstić information content (AvgIpc) is 3.46. The number of carbonyl (C=O) groups excluding carboxylic acids is 1. The average molecular weight is 445 g/mol. The van der Waals surface area contributed by atoms with Crippen molar-refractivity contribution in [3.63, 3.8) is 0 Å². The van der Waals surface area contributed by atoms with Crippen LogP contribution in [0, 0.1) is 12.7 Å². The zero-order valence-corrected chi connectivity index (χ0v) is 18.4. The number of likely N-dealkylation sites (tertiary alicyclic amines) is 1. The first-order chi connectivity index (χ1) is 16.1. The van der Waals surface area contributed by atoms with E-state index in [0.717, 1.165) is 47.4 Å². The van der Waals surface area contributed by atoms with Crippen LogP contribution < -0.4 is 5.32 Å². The molecule has 8 heteroatoms. The molecule has 1 N–H and O–H groups in total. The molecule has 1 atom stereocenters. The molecule has 1 amide bonds. The van der Waals surface area contributed by atoms with Crippen LogP contribution in [0.2, 0.25) is 0 Å². The summed E-state index contributed by atoms with van der Waals surface area (Å²) in [5.74, 6) is 0.282. The first kappa shape index (κ1) is 21.1. The highest BCUT2D eigenvalue weighted by molar-refractivity contribution is 5.79. The van der Waals surface area contributed by atoms with Gasteiger partial charge in [0.15, 0.2) is 0 Å². The Kier molecular flexibility index (Phi) is 5.73. The lowest BCUT2D eigenvalue weighted by molar-refractivity contribution is -0.132. The molecule has 168 valence electrons. The molecule has 1 aliphatic rings. The summed E-state index contributed by atoms with van der Waals surface area (Å²) in [6.07, 6.45) is 5.22. The van der Waals surface area contributed by atoms with Crippen molar-refractivity contribution in [3.8, 4) is 0 Å². The van der Waals surface area contributed by atoms with Gasteiger partial charge in [0.1, 0.15) is 11.6 Å². The molecule has 1 aromatic carbocycles. The van der Waals surface area contributed by atoms with Gasteiger partial charge in [-0.3, -0.25) is 14.5 Å². The number of nitrogens with zero attached hydrogens (tertiary/aromatic N) is 5. The van der Waals surface area contributed by atoms with Crippen molar-refractivity contribution in [2.45, 2.75) is 38.8 Å². The fourth-order valence-corrected chi connectivity index (χ4v) is 4.46. The topological polar surface area (TPSA) is 75.9 Å². The number of pyridine rings is 2. The van der Waals surface area contributed by atoms with Crippen molar-refractivity contribution in [2.24, 2.45) is 0 Å². The van der Waals surface area contributed by atoms with E-state index >= 15 is 0 Å². The number of halogens is 1. The van der Waals surface area contributed by atoms with E-state index in [-0.39, 0.29) is 17.8 Å². The normalized spacial score (nSPS) is 15.8. The molecule has 1 saturated heterocycles. The Morgan fingerprint density at radius 3 is 2.91 bits per heavy atom. The number of amides is 1. The maximum Gasteiger partial charge on any atom is 0.225 e. The van der Waals surface area contributed by atoms with Gasteiger partial charge in [-0.25, -0.2) is 9.37 Å². The Bertz CT molecular complexity index is 1290. The molecule has 0 unspecified atom stereocenters. The molecule has 1 aliphatic heterocycles. The van der Waals surface area contributed by atoms with Crippen molar-refractivity contribution < 1.29 is 9.18 Å². The van der Waals surface area contributed by atoms with Crippen molar-refractivity contribution in [1.82, 2.24) is 24.6 Å². The standard InChI is InChI=1S/C25H25FN6O/c1-17-13-20(30-24-9-8-19(26)16-27-24)14-21(29-17)23-7-4-11-31(23)25(33)10-12-32-22-6-3-2-5-18(22)15-28-32/h2-3,5-6,8-9,13-16,23H,4,7,10-12H2,1H3,(H,27,29,30)/t23-/m1/s1. The fourth-order valence-electron chi connectivity index (χ4n) is 4.46. The quantitative estimate of drug-likeness (QED) is 0.464. The Hall–Kier alpha value is -3.81. The molecule has 0 saturated carbocycles. The Morgan fingerprint density at radius 2 is 2.06 bits per heavy atom. The minimum Gasteiger partial charge on any atom is -0.340 e. The van der Waals surface area contributed by atoms with Gasteiger partial charge in [0.05, 0.1) is 36.2 Å². The van der Waals surface area contributed by atoms with E-state index in [4.69, 9.17) is 4.98 Å². The molecule has 0 aliphatic carbocycles. The predicted octanol–water partition coefficient (Wildman–Crippen LogP) is 4.77. The van der Waals surface area contributed by atoms with Gasteiger partial charge < -0.3 is 10.2 Å². The summed E-state index contributed by atoms with van der Waals surface area (Å²) in [6.45, 7) is 3.19. The smallest absolute Gasteiger partial charge is 0.225 e. The largest absolute Gasteiger partial charge is 0.340 e. The second-order valence-electron chi connectivity index (χ2n) is 8.33. The number of benzene rings is 1. The number of nitrogens with one attached hydrogen (secondary N) is 1. The molecule has 7 nitrogen and oxygen atoms in total. The second-order valence-corrected chi connectivity index (χ2v) is 8.33. The predicted molar refractivity (Wildman–Crippen MR) is 124 cm³/mol. The minimum atomic E-state index is -0.379. The second kappa shape index (κ2) is 8.97. The summed E-state index contributed by atoms with van der Waals surface area (Å²) < 4.78 is 15.1. The molecule has 33 heavy (non-hydrogen) atoms. The molecule has 1 fully saturated rings. The summed E-state index contributed by atoms with van der Waals surface area (Å²) >= 11 is 0. The van der Waals surface area contributed by atoms with Crippen molar-refractivity contribution >= 4 is 28.3 Å². The number of fused-ring (bicyclic) bond motifs is 1. The summed E-state index contributed by atoms with van der Waals surface area (Å²) in [5, 5.41) is 8.72. The zero-order chi connectivity index (χ0) is 22.8. The molecule has 0 bridgehead atoms. The third-order valence-electron chi connectivity index (χ3n) is 5.98. The van der Waals surface area contributed by atoms with Crippen LogP contribution in [-0.4, -0.2) is 37.1 Å². The third-order valence-corrected chi connectivity index (χ3v) is 5.98. The maximum absolute atomic E-state index is 13.2. The lowest BCUT2D eigenvalue weighted by atomic mass is 10.1. The van der Waals surface area contributed by atoms with Gasteiger partial charge >= 0.3 is 0 Å². The number of hydrogen-bond acceptors (Lipinski definition) is 5. The number of aromatic nitrogens is 4. The van der Waals surface area contributed by atoms with Crippen LogP contribution in [0.5, 0.6) is 0 Å².